The van der Waals surface area contributed by atoms with Gasteiger partial charge in [0.05, 0.1) is 5.92 Å². The molecular formula is C25H28ClN3O3. The van der Waals surface area contributed by atoms with Crippen molar-refractivity contribution in [3.05, 3.63) is 64.7 Å². The second-order valence-corrected chi connectivity index (χ2v) is 8.94. The molecule has 2 aromatic rings. The molecule has 2 fully saturated rings. The topological polar surface area (TPSA) is 69.7 Å². The van der Waals surface area contributed by atoms with Gasteiger partial charge in [0.2, 0.25) is 11.8 Å². The Kier molecular flexibility index (Phi) is 6.80. The molecule has 0 radical (unpaired) electrons. The number of hydrogen-bond acceptors (Lipinski definition) is 3. The van der Waals surface area contributed by atoms with Gasteiger partial charge in [-0.15, -0.1) is 0 Å². The van der Waals surface area contributed by atoms with Gasteiger partial charge in [0.1, 0.15) is 0 Å². The summed E-state index contributed by atoms with van der Waals surface area (Å²) in [6, 6.07) is 14.8. The Morgan fingerprint density at radius 2 is 1.69 bits per heavy atom. The fraction of sp³-hybridized carbons (Fsp3) is 0.400. The quantitative estimate of drug-likeness (QED) is 0.750. The summed E-state index contributed by atoms with van der Waals surface area (Å²) in [7, 11) is 0. The van der Waals surface area contributed by atoms with Crippen LogP contribution in [0.15, 0.2) is 48.5 Å². The Hall–Kier alpha value is -2.86. The first-order valence-electron chi connectivity index (χ1n) is 11.2. The maximum absolute atomic E-state index is 13.0. The molecule has 0 aliphatic carbocycles. The van der Waals surface area contributed by atoms with Crippen LogP contribution in [0.3, 0.4) is 0 Å². The monoisotopic (exact) mass is 453 g/mol. The van der Waals surface area contributed by atoms with E-state index in [0.717, 1.165) is 12.1 Å². The van der Waals surface area contributed by atoms with Gasteiger partial charge < -0.3 is 15.1 Å². The number of hydrogen-bond donors (Lipinski definition) is 1. The molecular weight excluding hydrogens is 426 g/mol. The molecule has 2 aliphatic heterocycles. The zero-order chi connectivity index (χ0) is 22.7. The number of nitrogens with one attached hydrogen (secondary N) is 1. The Labute approximate surface area is 193 Å². The number of carbonyl (C=O) groups excluding carboxylic acids is 3. The summed E-state index contributed by atoms with van der Waals surface area (Å²) >= 11 is 5.94. The molecule has 168 valence electrons. The third-order valence-electron chi connectivity index (χ3n) is 6.38. The highest BCUT2D eigenvalue weighted by Crippen LogP contribution is 2.28. The third-order valence-corrected chi connectivity index (χ3v) is 6.63. The zero-order valence-electron chi connectivity index (χ0n) is 18.2. The van der Waals surface area contributed by atoms with Gasteiger partial charge in [0.15, 0.2) is 0 Å². The maximum Gasteiger partial charge on any atom is 0.251 e. The van der Waals surface area contributed by atoms with E-state index in [2.05, 4.69) is 12.2 Å². The highest BCUT2D eigenvalue weighted by atomic mass is 35.5. The molecule has 1 atom stereocenters. The second kappa shape index (κ2) is 9.74. The minimum Gasteiger partial charge on any atom is -0.349 e. The highest BCUT2D eigenvalue weighted by molar-refractivity contribution is 6.30. The normalized spacial score (nSPS) is 19.3. The van der Waals surface area contributed by atoms with Crippen molar-refractivity contribution < 1.29 is 14.4 Å². The summed E-state index contributed by atoms with van der Waals surface area (Å²) < 4.78 is 0. The van der Waals surface area contributed by atoms with Crippen LogP contribution in [0, 0.1) is 5.92 Å². The summed E-state index contributed by atoms with van der Waals surface area (Å²) in [4.78, 5) is 41.5. The van der Waals surface area contributed by atoms with Gasteiger partial charge in [-0.2, -0.15) is 0 Å². The van der Waals surface area contributed by atoms with Crippen LogP contribution in [0.4, 0.5) is 5.69 Å². The van der Waals surface area contributed by atoms with Gasteiger partial charge >= 0.3 is 0 Å². The van der Waals surface area contributed by atoms with E-state index in [-0.39, 0.29) is 36.1 Å². The first-order valence-corrected chi connectivity index (χ1v) is 11.6. The lowest BCUT2D eigenvalue weighted by molar-refractivity contribution is -0.136. The lowest BCUT2D eigenvalue weighted by Crippen LogP contribution is -2.48. The second-order valence-electron chi connectivity index (χ2n) is 8.51. The Morgan fingerprint density at radius 3 is 2.31 bits per heavy atom. The number of anilines is 1. The zero-order valence-corrected chi connectivity index (χ0v) is 19.0. The van der Waals surface area contributed by atoms with Gasteiger partial charge in [0, 0.05) is 48.4 Å². The van der Waals surface area contributed by atoms with Crippen LogP contribution in [-0.4, -0.2) is 48.3 Å². The summed E-state index contributed by atoms with van der Waals surface area (Å²) in [5.41, 5.74) is 2.63. The lowest BCUT2D eigenvalue weighted by Gasteiger charge is -2.33. The minimum absolute atomic E-state index is 0.0229. The number of piperidine rings is 1. The van der Waals surface area contributed by atoms with Crippen molar-refractivity contribution in [2.75, 3.05) is 24.5 Å². The molecule has 2 aliphatic rings. The molecule has 1 N–H and O–H groups in total. The first-order chi connectivity index (χ1) is 15.4. The van der Waals surface area contributed by atoms with Crippen molar-refractivity contribution in [3.63, 3.8) is 0 Å². The largest absolute Gasteiger partial charge is 0.349 e. The molecule has 6 nitrogen and oxygen atoms in total. The predicted octanol–water partition coefficient (Wildman–Crippen LogP) is 3.68. The van der Waals surface area contributed by atoms with E-state index in [9.17, 15) is 14.4 Å². The Balaban J connectivity index is 1.28. The summed E-state index contributed by atoms with van der Waals surface area (Å²) in [5.74, 6) is -0.421. The molecule has 2 saturated heterocycles. The number of likely N-dealkylation sites (tertiary alicyclic amines) is 1. The van der Waals surface area contributed by atoms with Gasteiger partial charge in [-0.25, -0.2) is 0 Å². The minimum atomic E-state index is -0.332. The predicted molar refractivity (Wildman–Crippen MR) is 125 cm³/mol. The maximum atomic E-state index is 13.0. The average molecular weight is 454 g/mol. The molecule has 2 heterocycles. The molecule has 3 amide bonds. The van der Waals surface area contributed by atoms with Crippen molar-refractivity contribution in [3.8, 4) is 0 Å². The van der Waals surface area contributed by atoms with E-state index in [4.69, 9.17) is 11.6 Å². The van der Waals surface area contributed by atoms with Crippen LogP contribution >= 0.6 is 11.6 Å². The molecule has 0 bridgehead atoms. The van der Waals surface area contributed by atoms with Gasteiger partial charge in [0.25, 0.3) is 5.91 Å². The van der Waals surface area contributed by atoms with Gasteiger partial charge in [-0.1, -0.05) is 30.7 Å². The van der Waals surface area contributed by atoms with Crippen molar-refractivity contribution in [1.82, 2.24) is 10.2 Å². The number of amides is 3. The number of halogens is 1. The molecule has 2 aromatic carbocycles. The van der Waals surface area contributed by atoms with Gasteiger partial charge in [-0.3, -0.25) is 14.4 Å². The van der Waals surface area contributed by atoms with E-state index in [0.29, 0.717) is 43.1 Å². The molecule has 1 unspecified atom stereocenters. The Bertz CT molecular complexity index is 982. The van der Waals surface area contributed by atoms with E-state index < -0.39 is 0 Å². The van der Waals surface area contributed by atoms with Crippen LogP contribution in [-0.2, 0) is 16.0 Å². The standard InChI is InChI=1S/C25H28ClN3O3/c1-2-17-3-5-18(6-4-17)24(31)27-21-11-13-28(14-12-21)25(32)19-15-23(30)29(16-19)22-9-7-20(26)8-10-22/h3-10,19,21H,2,11-16H2,1H3,(H,27,31). The van der Waals surface area contributed by atoms with Crippen molar-refractivity contribution in [2.24, 2.45) is 5.92 Å². The first kappa shape index (κ1) is 22.3. The fourth-order valence-electron chi connectivity index (χ4n) is 4.41. The average Bonchev–Trinajstić information content (AvgIpc) is 3.21. The number of rotatable bonds is 5. The van der Waals surface area contributed by atoms with Crippen LogP contribution in [0.1, 0.15) is 42.1 Å². The lowest BCUT2D eigenvalue weighted by atomic mass is 10.0. The van der Waals surface area contributed by atoms with Crippen molar-refractivity contribution in [1.29, 1.82) is 0 Å². The van der Waals surface area contributed by atoms with Crippen molar-refractivity contribution >= 4 is 35.0 Å². The molecule has 0 saturated carbocycles. The van der Waals surface area contributed by atoms with E-state index >= 15 is 0 Å². The number of benzene rings is 2. The van der Waals surface area contributed by atoms with Crippen LogP contribution < -0.4 is 10.2 Å². The van der Waals surface area contributed by atoms with E-state index in [1.54, 1.807) is 29.2 Å². The number of carbonyl (C=O) groups is 3. The molecule has 7 heteroatoms. The fourth-order valence-corrected chi connectivity index (χ4v) is 4.53. The van der Waals surface area contributed by atoms with E-state index in [1.165, 1.54) is 5.56 Å². The van der Waals surface area contributed by atoms with Gasteiger partial charge in [-0.05, 0) is 61.2 Å². The molecule has 0 aromatic heterocycles. The SMILES string of the molecule is CCc1ccc(C(=O)NC2CCN(C(=O)C3CC(=O)N(c4ccc(Cl)cc4)C3)CC2)cc1. The third kappa shape index (κ3) is 4.96. The summed E-state index contributed by atoms with van der Waals surface area (Å²) in [6.45, 7) is 3.65. The summed E-state index contributed by atoms with van der Waals surface area (Å²) in [6.07, 6.45) is 2.60. The smallest absolute Gasteiger partial charge is 0.251 e. The van der Waals surface area contributed by atoms with Crippen LogP contribution in [0.25, 0.3) is 0 Å². The van der Waals surface area contributed by atoms with Crippen molar-refractivity contribution in [2.45, 2.75) is 38.6 Å². The molecule has 4 rings (SSSR count). The molecule has 32 heavy (non-hydrogen) atoms. The molecule has 0 spiro atoms. The number of nitrogens with zero attached hydrogens (tertiary/aromatic N) is 2. The van der Waals surface area contributed by atoms with E-state index in [1.807, 2.05) is 29.2 Å². The highest BCUT2D eigenvalue weighted by Gasteiger charge is 2.38. The number of aryl methyl sites for hydroxylation is 1. The summed E-state index contributed by atoms with van der Waals surface area (Å²) in [5, 5.41) is 3.70. The Morgan fingerprint density at radius 1 is 1.03 bits per heavy atom. The van der Waals surface area contributed by atoms with Crippen LogP contribution in [0.2, 0.25) is 5.02 Å². The van der Waals surface area contributed by atoms with Crippen LogP contribution in [0.5, 0.6) is 0 Å².